The molecular weight excluding hydrogens is 424 g/mol. The van der Waals surface area contributed by atoms with E-state index in [1.165, 1.54) is 24.3 Å². The van der Waals surface area contributed by atoms with Gasteiger partial charge in [0.25, 0.3) is 5.91 Å². The number of carbonyl (C=O) groups excluding carboxylic acids is 2. The molecule has 3 N–H and O–H groups in total. The van der Waals surface area contributed by atoms with Gasteiger partial charge in [-0.2, -0.15) is 0 Å². The molecule has 0 aromatic heterocycles. The summed E-state index contributed by atoms with van der Waals surface area (Å²) in [6.45, 7) is 0. The van der Waals surface area contributed by atoms with E-state index < -0.39 is 33.7 Å². The summed E-state index contributed by atoms with van der Waals surface area (Å²) in [7, 11) is -3.49. The van der Waals surface area contributed by atoms with E-state index in [0.29, 0.717) is 15.7 Å². The molecule has 1 heterocycles. The summed E-state index contributed by atoms with van der Waals surface area (Å²) in [5, 5.41) is 13.4. The second-order valence-electron chi connectivity index (χ2n) is 6.06. The minimum Gasteiger partial charge on any atom is -0.375 e. The molecule has 2 aromatic carbocycles. The first-order valence-corrected chi connectivity index (χ1v) is 10.2. The molecule has 7 nitrogen and oxygen atoms in total. The number of aliphatic hydroxyl groups is 1. The van der Waals surface area contributed by atoms with Crippen molar-refractivity contribution < 1.29 is 23.1 Å². The number of Topliss-reactive ketones (excluding diaryl/α,β-unsaturated/α-hetero) is 1. The molecule has 0 saturated heterocycles. The molecule has 1 amide bonds. The molecular formula is C17H15BrN2O5S. The molecule has 1 aliphatic heterocycles. The van der Waals surface area contributed by atoms with Crippen LogP contribution in [0, 0.1) is 0 Å². The number of amides is 1. The van der Waals surface area contributed by atoms with E-state index in [-0.39, 0.29) is 11.3 Å². The van der Waals surface area contributed by atoms with E-state index in [1.807, 2.05) is 0 Å². The van der Waals surface area contributed by atoms with Crippen LogP contribution in [0.3, 0.4) is 0 Å². The summed E-state index contributed by atoms with van der Waals surface area (Å²) in [6, 6.07) is 10.8. The summed E-state index contributed by atoms with van der Waals surface area (Å²) < 4.78 is 25.6. The lowest BCUT2D eigenvalue weighted by molar-refractivity contribution is -0.133. The number of hydrogen-bond donors (Lipinski definition) is 3. The first kappa shape index (κ1) is 18.6. The fourth-order valence-corrected chi connectivity index (χ4v) is 3.71. The van der Waals surface area contributed by atoms with E-state index in [0.717, 1.165) is 6.26 Å². The van der Waals surface area contributed by atoms with Crippen LogP contribution < -0.4 is 10.0 Å². The standard InChI is InChI=1S/C17H15BrN2O5S/c1-26(24,25)20-12-4-2-3-10(7-12)15(21)9-17(23)13-8-11(18)5-6-14(13)19-16(17)22/h2-8,20,23H,9H2,1H3,(H,19,22)/t17-/m0/s1. The Morgan fingerprint density at radius 3 is 2.69 bits per heavy atom. The third-order valence-electron chi connectivity index (χ3n) is 3.96. The number of rotatable bonds is 5. The second-order valence-corrected chi connectivity index (χ2v) is 8.72. The van der Waals surface area contributed by atoms with E-state index in [9.17, 15) is 23.1 Å². The first-order valence-electron chi connectivity index (χ1n) is 7.53. The zero-order valence-corrected chi connectivity index (χ0v) is 16.0. The van der Waals surface area contributed by atoms with Crippen molar-refractivity contribution in [3.8, 4) is 0 Å². The van der Waals surface area contributed by atoms with Crippen LogP contribution in [0.4, 0.5) is 11.4 Å². The van der Waals surface area contributed by atoms with Gasteiger partial charge in [-0.05, 0) is 30.3 Å². The van der Waals surface area contributed by atoms with Crippen molar-refractivity contribution in [2.75, 3.05) is 16.3 Å². The number of carbonyl (C=O) groups is 2. The van der Waals surface area contributed by atoms with Gasteiger partial charge in [0.15, 0.2) is 11.4 Å². The number of halogens is 1. The van der Waals surface area contributed by atoms with Crippen molar-refractivity contribution in [2.24, 2.45) is 0 Å². The van der Waals surface area contributed by atoms with Crippen molar-refractivity contribution in [3.63, 3.8) is 0 Å². The molecule has 0 radical (unpaired) electrons. The maximum atomic E-state index is 12.6. The minimum absolute atomic E-state index is 0.184. The Morgan fingerprint density at radius 1 is 1.27 bits per heavy atom. The van der Waals surface area contributed by atoms with E-state index >= 15 is 0 Å². The summed E-state index contributed by atoms with van der Waals surface area (Å²) >= 11 is 3.28. The number of hydrogen-bond acceptors (Lipinski definition) is 5. The Kier molecular flexibility index (Phi) is 4.63. The molecule has 2 aromatic rings. The summed E-state index contributed by atoms with van der Waals surface area (Å²) in [6.07, 6.45) is 0.534. The highest BCUT2D eigenvalue weighted by atomic mass is 79.9. The third kappa shape index (κ3) is 3.64. The fourth-order valence-electron chi connectivity index (χ4n) is 2.80. The highest BCUT2D eigenvalue weighted by molar-refractivity contribution is 9.10. The number of benzene rings is 2. The maximum absolute atomic E-state index is 12.6. The number of fused-ring (bicyclic) bond motifs is 1. The Balaban J connectivity index is 1.90. The number of nitrogens with one attached hydrogen (secondary N) is 2. The van der Waals surface area contributed by atoms with Crippen LogP contribution in [0.2, 0.25) is 0 Å². The highest BCUT2D eigenvalue weighted by Gasteiger charge is 2.46. The van der Waals surface area contributed by atoms with Gasteiger partial charge in [0.1, 0.15) is 0 Å². The van der Waals surface area contributed by atoms with Crippen molar-refractivity contribution in [1.29, 1.82) is 0 Å². The van der Waals surface area contributed by atoms with Gasteiger partial charge >= 0.3 is 0 Å². The van der Waals surface area contributed by atoms with Gasteiger partial charge < -0.3 is 10.4 Å². The van der Waals surface area contributed by atoms with Crippen LogP contribution in [0.5, 0.6) is 0 Å². The normalized spacial score (nSPS) is 19.0. The molecule has 0 bridgehead atoms. The van der Waals surface area contributed by atoms with Gasteiger partial charge in [-0.1, -0.05) is 28.1 Å². The monoisotopic (exact) mass is 438 g/mol. The van der Waals surface area contributed by atoms with Crippen LogP contribution in [0.1, 0.15) is 22.3 Å². The molecule has 0 fully saturated rings. The van der Waals surface area contributed by atoms with Gasteiger partial charge in [-0.25, -0.2) is 8.42 Å². The number of ketones is 1. The van der Waals surface area contributed by atoms with Crippen molar-refractivity contribution in [3.05, 3.63) is 58.1 Å². The first-order chi connectivity index (χ1) is 12.1. The smallest absolute Gasteiger partial charge is 0.261 e. The van der Waals surface area contributed by atoms with Crippen LogP contribution in [0.15, 0.2) is 46.9 Å². The lowest BCUT2D eigenvalue weighted by Crippen LogP contribution is -2.36. The second kappa shape index (κ2) is 6.49. The van der Waals surface area contributed by atoms with Gasteiger partial charge in [0, 0.05) is 27.0 Å². The van der Waals surface area contributed by atoms with Gasteiger partial charge in [0.2, 0.25) is 10.0 Å². The van der Waals surface area contributed by atoms with Crippen LogP contribution in [-0.4, -0.2) is 31.5 Å². The summed E-state index contributed by atoms with van der Waals surface area (Å²) in [5.74, 6) is -1.17. The summed E-state index contributed by atoms with van der Waals surface area (Å²) in [4.78, 5) is 24.9. The van der Waals surface area contributed by atoms with Gasteiger partial charge in [-0.15, -0.1) is 0 Å². The van der Waals surface area contributed by atoms with Gasteiger partial charge in [0.05, 0.1) is 12.7 Å². The minimum atomic E-state index is -3.49. The lowest BCUT2D eigenvalue weighted by atomic mass is 9.88. The van der Waals surface area contributed by atoms with Crippen LogP contribution in [-0.2, 0) is 20.4 Å². The SMILES string of the molecule is CS(=O)(=O)Nc1cccc(C(=O)C[C@@]2(O)C(=O)Nc3ccc(Br)cc32)c1. The molecule has 1 aliphatic rings. The lowest BCUT2D eigenvalue weighted by Gasteiger charge is -2.20. The predicted octanol–water partition coefficient (Wildman–Crippen LogP) is 2.23. The molecule has 3 rings (SSSR count). The Labute approximate surface area is 158 Å². The average Bonchev–Trinajstić information content (AvgIpc) is 2.77. The number of anilines is 2. The van der Waals surface area contributed by atoms with E-state index in [2.05, 4.69) is 26.0 Å². The predicted molar refractivity (Wildman–Crippen MR) is 101 cm³/mol. The molecule has 26 heavy (non-hydrogen) atoms. The zero-order valence-electron chi connectivity index (χ0n) is 13.6. The van der Waals surface area contributed by atoms with Crippen molar-refractivity contribution in [2.45, 2.75) is 12.0 Å². The molecule has 0 spiro atoms. The van der Waals surface area contributed by atoms with E-state index in [1.54, 1.807) is 18.2 Å². The van der Waals surface area contributed by atoms with Crippen molar-refractivity contribution >= 4 is 49.0 Å². The van der Waals surface area contributed by atoms with Gasteiger partial charge in [-0.3, -0.25) is 14.3 Å². The summed E-state index contributed by atoms with van der Waals surface area (Å²) in [5.41, 5.74) is -0.819. The largest absolute Gasteiger partial charge is 0.375 e. The highest BCUT2D eigenvalue weighted by Crippen LogP contribution is 2.40. The maximum Gasteiger partial charge on any atom is 0.261 e. The number of sulfonamides is 1. The van der Waals surface area contributed by atoms with E-state index in [4.69, 9.17) is 0 Å². The molecule has 1 atom stereocenters. The molecule has 0 unspecified atom stereocenters. The molecule has 136 valence electrons. The Morgan fingerprint density at radius 2 is 2.00 bits per heavy atom. The average molecular weight is 439 g/mol. The van der Waals surface area contributed by atoms with Crippen LogP contribution in [0.25, 0.3) is 0 Å². The Bertz CT molecular complexity index is 1020. The quantitative estimate of drug-likeness (QED) is 0.619. The molecule has 9 heteroatoms. The molecule has 0 saturated carbocycles. The third-order valence-corrected chi connectivity index (χ3v) is 5.05. The fraction of sp³-hybridized carbons (Fsp3) is 0.176. The molecule has 0 aliphatic carbocycles. The van der Waals surface area contributed by atoms with Crippen LogP contribution >= 0.6 is 15.9 Å². The van der Waals surface area contributed by atoms with Crippen molar-refractivity contribution in [1.82, 2.24) is 0 Å². The zero-order chi connectivity index (χ0) is 19.1. The topological polar surface area (TPSA) is 113 Å². The Hall–Kier alpha value is -2.23.